The van der Waals surface area contributed by atoms with Gasteiger partial charge in [-0.3, -0.25) is 0 Å². The Bertz CT molecular complexity index is 167. The van der Waals surface area contributed by atoms with Crippen LogP contribution in [0.25, 0.3) is 0 Å². The van der Waals surface area contributed by atoms with Crippen LogP contribution < -0.4 is 0 Å². The molecule has 2 nitrogen and oxygen atoms in total. The topological polar surface area (TPSA) is 40.5 Å². The lowest BCUT2D eigenvalue weighted by Crippen LogP contribution is -1.63. The summed E-state index contributed by atoms with van der Waals surface area (Å²) >= 11 is 0. The molecule has 0 amide bonds. The number of phenolic OH excluding ortho intramolecular Hbond substituents is 2. The van der Waals surface area contributed by atoms with E-state index in [-0.39, 0.29) is 21.4 Å². The Morgan fingerprint density at radius 1 is 0.889 bits per heavy atom. The molecule has 0 spiro atoms. The van der Waals surface area contributed by atoms with E-state index in [1.807, 2.05) is 0 Å². The van der Waals surface area contributed by atoms with Crippen LogP contribution in [0.5, 0.6) is 11.5 Å². The molecule has 0 bridgehead atoms. The summed E-state index contributed by atoms with van der Waals surface area (Å²) in [6, 6.07) is 6.15. The molecule has 0 saturated carbocycles. The number of rotatable bonds is 0. The maximum atomic E-state index is 8.67. The van der Waals surface area contributed by atoms with Crippen LogP contribution in [0, 0.1) is 0 Å². The van der Waals surface area contributed by atoms with Crippen LogP contribution in [0.3, 0.4) is 0 Å². The molecule has 0 atom stereocenters. The first kappa shape index (κ1) is 8.25. The maximum absolute atomic E-state index is 8.67. The lowest BCUT2D eigenvalue weighted by molar-refractivity contribution is 0.404. The predicted molar refractivity (Wildman–Crippen MR) is 36.7 cm³/mol. The van der Waals surface area contributed by atoms with Crippen LogP contribution >= 0.6 is 9.90 Å². The van der Waals surface area contributed by atoms with Crippen LogP contribution in [0.15, 0.2) is 24.3 Å². The van der Waals surface area contributed by atoms with Crippen LogP contribution in [0.4, 0.5) is 0 Å². The highest BCUT2D eigenvalue weighted by atomic mass is 31.0. The van der Waals surface area contributed by atoms with Gasteiger partial charge in [0.1, 0.15) is 0 Å². The van der Waals surface area contributed by atoms with Gasteiger partial charge < -0.3 is 10.2 Å². The lowest BCUT2D eigenvalue weighted by atomic mass is 10.3. The average Bonchev–Trinajstić information content (AvgIpc) is 1.77. The molecule has 0 fully saturated rings. The molecule has 0 aliphatic carbocycles. The number of hydrogen-bond donors (Lipinski definition) is 2. The zero-order valence-corrected chi connectivity index (χ0v) is 5.55. The number of aromatic hydroxyl groups is 2. The molecule has 0 aliphatic rings. The number of para-hydroxylation sites is 2. The number of hydrogen-bond acceptors (Lipinski definition) is 2. The van der Waals surface area contributed by atoms with Gasteiger partial charge in [-0.2, -0.15) is 0 Å². The summed E-state index contributed by atoms with van der Waals surface area (Å²) in [6.07, 6.45) is 0. The van der Waals surface area contributed by atoms with Crippen LogP contribution in [-0.4, -0.2) is 10.2 Å². The van der Waals surface area contributed by atoms with Crippen molar-refractivity contribution in [2.45, 2.75) is 0 Å². The van der Waals surface area contributed by atoms with E-state index >= 15 is 0 Å². The van der Waals surface area contributed by atoms with Crippen molar-refractivity contribution in [2.75, 3.05) is 0 Å². The fourth-order valence-electron chi connectivity index (χ4n) is 0.464. The molecule has 1 rings (SSSR count). The largest absolute Gasteiger partial charge is 0.504 e. The van der Waals surface area contributed by atoms with Gasteiger partial charge in [-0.15, -0.1) is 0 Å². The van der Waals surface area contributed by atoms with Gasteiger partial charge in [0.2, 0.25) is 0 Å². The van der Waals surface area contributed by atoms with Gasteiger partial charge >= 0.3 is 0 Å². The van der Waals surface area contributed by atoms with Crippen molar-refractivity contribution < 1.29 is 10.2 Å². The molecule has 0 unspecified atom stereocenters. The Morgan fingerprint density at radius 2 is 1.22 bits per heavy atom. The molecule has 0 aromatic heterocycles. The summed E-state index contributed by atoms with van der Waals surface area (Å²) in [4.78, 5) is 0. The van der Waals surface area contributed by atoms with E-state index in [1.165, 1.54) is 12.1 Å². The van der Waals surface area contributed by atoms with Gasteiger partial charge in [0, 0.05) is 9.90 Å². The van der Waals surface area contributed by atoms with E-state index in [2.05, 4.69) is 0 Å². The second kappa shape index (κ2) is 3.31. The monoisotopic (exact) mass is 141 g/mol. The molecular weight excluding hydrogens is 135 g/mol. The normalized spacial score (nSPS) is 8.00. The van der Waals surface area contributed by atoms with Gasteiger partial charge in [0.05, 0.1) is 0 Å². The van der Waals surface area contributed by atoms with Crippen molar-refractivity contribution in [1.82, 2.24) is 0 Å². The molecule has 2 N–H and O–H groups in total. The minimum Gasteiger partial charge on any atom is -0.504 e. The molecular formula is C6H6O2P. The average molecular weight is 141 g/mol. The molecule has 0 saturated heterocycles. The second-order valence-electron chi connectivity index (χ2n) is 1.49. The van der Waals surface area contributed by atoms with E-state index < -0.39 is 0 Å². The van der Waals surface area contributed by atoms with Crippen molar-refractivity contribution in [2.24, 2.45) is 0 Å². The first-order chi connectivity index (χ1) is 3.80. The summed E-state index contributed by atoms with van der Waals surface area (Å²) < 4.78 is 0. The minimum absolute atomic E-state index is 0. The van der Waals surface area contributed by atoms with Crippen molar-refractivity contribution in [1.29, 1.82) is 0 Å². The molecule has 3 radical (unpaired) electrons. The van der Waals surface area contributed by atoms with Gasteiger partial charge in [0.25, 0.3) is 0 Å². The summed E-state index contributed by atoms with van der Waals surface area (Å²) in [7, 11) is 0. The van der Waals surface area contributed by atoms with Crippen molar-refractivity contribution >= 4 is 9.90 Å². The van der Waals surface area contributed by atoms with E-state index in [0.29, 0.717) is 0 Å². The smallest absolute Gasteiger partial charge is 0.157 e. The Labute approximate surface area is 56.8 Å². The zero-order valence-electron chi connectivity index (χ0n) is 4.65. The fraction of sp³-hybridized carbons (Fsp3) is 0. The van der Waals surface area contributed by atoms with E-state index in [9.17, 15) is 0 Å². The molecule has 0 aliphatic heterocycles. The minimum atomic E-state index is -0.0764. The van der Waals surface area contributed by atoms with E-state index in [1.54, 1.807) is 12.1 Å². The molecule has 0 heterocycles. The Hall–Kier alpha value is -0.750. The third-order valence-corrected chi connectivity index (χ3v) is 0.882. The molecule has 9 heavy (non-hydrogen) atoms. The van der Waals surface area contributed by atoms with Crippen LogP contribution in [-0.2, 0) is 0 Å². The SMILES string of the molecule is Oc1ccccc1O.[P]. The molecule has 3 heteroatoms. The van der Waals surface area contributed by atoms with Crippen LogP contribution in [0.2, 0.25) is 0 Å². The lowest BCUT2D eigenvalue weighted by Gasteiger charge is -1.91. The van der Waals surface area contributed by atoms with E-state index in [4.69, 9.17) is 10.2 Å². The Morgan fingerprint density at radius 3 is 1.44 bits per heavy atom. The number of benzene rings is 1. The van der Waals surface area contributed by atoms with Crippen molar-refractivity contribution in [3.8, 4) is 11.5 Å². The number of phenols is 2. The van der Waals surface area contributed by atoms with Gasteiger partial charge in [0.15, 0.2) is 11.5 Å². The maximum Gasteiger partial charge on any atom is 0.157 e. The summed E-state index contributed by atoms with van der Waals surface area (Å²) in [5.74, 6) is -0.153. The Balaban J connectivity index is 0.000000640. The van der Waals surface area contributed by atoms with Crippen molar-refractivity contribution in [3.05, 3.63) is 24.3 Å². The zero-order chi connectivity index (χ0) is 5.98. The highest BCUT2D eigenvalue weighted by Gasteiger charge is 1.90. The summed E-state index contributed by atoms with van der Waals surface area (Å²) in [5.41, 5.74) is 0. The van der Waals surface area contributed by atoms with Gasteiger partial charge in [-0.05, 0) is 12.1 Å². The standard InChI is InChI=1S/C6H6O2.P/c7-5-3-1-2-4-6(5)8;/h1-4,7-8H;. The highest BCUT2D eigenvalue weighted by Crippen LogP contribution is 2.21. The summed E-state index contributed by atoms with van der Waals surface area (Å²) in [6.45, 7) is 0. The fourth-order valence-corrected chi connectivity index (χ4v) is 0.464. The third kappa shape index (κ3) is 1.90. The first-order valence-corrected chi connectivity index (χ1v) is 2.27. The van der Waals surface area contributed by atoms with Crippen molar-refractivity contribution in [3.63, 3.8) is 0 Å². The molecule has 1 aromatic carbocycles. The van der Waals surface area contributed by atoms with Gasteiger partial charge in [-0.25, -0.2) is 0 Å². The van der Waals surface area contributed by atoms with Gasteiger partial charge in [-0.1, -0.05) is 12.1 Å². The quantitative estimate of drug-likeness (QED) is 0.428. The molecule has 1 aromatic rings. The first-order valence-electron chi connectivity index (χ1n) is 2.27. The predicted octanol–water partition coefficient (Wildman–Crippen LogP) is 1.96. The summed E-state index contributed by atoms with van der Waals surface area (Å²) in [5, 5.41) is 17.3. The van der Waals surface area contributed by atoms with E-state index in [0.717, 1.165) is 0 Å². The Kier molecular flexibility index (Phi) is 3.03. The third-order valence-electron chi connectivity index (χ3n) is 0.882. The highest BCUT2D eigenvalue weighted by molar-refractivity contribution is 6.92. The second-order valence-corrected chi connectivity index (χ2v) is 1.49. The molecule has 47 valence electrons. The van der Waals surface area contributed by atoms with Crippen LogP contribution in [0.1, 0.15) is 0 Å².